The van der Waals surface area contributed by atoms with Crippen molar-refractivity contribution in [2.75, 3.05) is 27.4 Å². The Morgan fingerprint density at radius 2 is 1.78 bits per heavy atom. The van der Waals surface area contributed by atoms with E-state index in [1.165, 1.54) is 0 Å². The highest BCUT2D eigenvalue weighted by Gasteiger charge is 2.27. The third-order valence-corrected chi connectivity index (χ3v) is 6.11. The fourth-order valence-electron chi connectivity index (χ4n) is 3.95. The zero-order valence-corrected chi connectivity index (χ0v) is 21.0. The Labute approximate surface area is 218 Å². The van der Waals surface area contributed by atoms with Gasteiger partial charge in [0, 0.05) is 36.2 Å². The summed E-state index contributed by atoms with van der Waals surface area (Å²) in [5.74, 6) is 2.43. The SMILES string of the molecule is COc1ccc(CCNC(=O)c2ccc(Oc3cc4c(cc3Cl)C(OC(=O)O)CCO4)cc2)c(OC)c1. The first-order valence-electron chi connectivity index (χ1n) is 11.5. The summed E-state index contributed by atoms with van der Waals surface area (Å²) in [5, 5.41) is 12.1. The number of ether oxygens (including phenoxy) is 5. The molecular formula is C27H26ClNO8. The highest BCUT2D eigenvalue weighted by Crippen LogP contribution is 2.42. The van der Waals surface area contributed by atoms with Crippen molar-refractivity contribution in [2.45, 2.75) is 18.9 Å². The molecule has 37 heavy (non-hydrogen) atoms. The molecule has 0 radical (unpaired) electrons. The molecule has 2 N–H and O–H groups in total. The number of amides is 1. The normalized spacial score (nSPS) is 14.1. The van der Waals surface area contributed by atoms with Gasteiger partial charge in [0.1, 0.15) is 34.9 Å². The van der Waals surface area contributed by atoms with Gasteiger partial charge >= 0.3 is 6.16 Å². The molecule has 9 nitrogen and oxygen atoms in total. The van der Waals surface area contributed by atoms with Crippen molar-refractivity contribution < 1.29 is 38.4 Å². The Hall–Kier alpha value is -4.11. The maximum atomic E-state index is 12.6. The van der Waals surface area contributed by atoms with E-state index in [2.05, 4.69) is 5.32 Å². The molecule has 1 amide bonds. The maximum Gasteiger partial charge on any atom is 0.506 e. The lowest BCUT2D eigenvalue weighted by Crippen LogP contribution is -2.25. The standard InChI is InChI=1S/C27H26ClNO8/c1-33-19-8-3-16(23(13-19)34-2)9-11-29-26(30)17-4-6-18(7-5-17)36-25-15-24-20(14-21(25)28)22(10-12-35-24)37-27(31)32/h3-8,13-15,22H,9-12H2,1-2H3,(H,29,30)(H,31,32). The van der Waals surface area contributed by atoms with E-state index < -0.39 is 12.3 Å². The van der Waals surface area contributed by atoms with Gasteiger partial charge in [-0.05, 0) is 48.4 Å². The fraction of sp³-hybridized carbons (Fsp3) is 0.259. The summed E-state index contributed by atoms with van der Waals surface area (Å²) in [5.41, 5.74) is 1.98. The van der Waals surface area contributed by atoms with E-state index in [9.17, 15) is 9.59 Å². The Morgan fingerprint density at radius 3 is 2.49 bits per heavy atom. The van der Waals surface area contributed by atoms with Gasteiger partial charge in [-0.1, -0.05) is 17.7 Å². The second-order valence-corrected chi connectivity index (χ2v) is 8.55. The number of fused-ring (bicyclic) bond motifs is 1. The quantitative estimate of drug-likeness (QED) is 0.344. The summed E-state index contributed by atoms with van der Waals surface area (Å²) >= 11 is 6.38. The van der Waals surface area contributed by atoms with Gasteiger partial charge in [-0.25, -0.2) is 4.79 Å². The Kier molecular flexibility index (Phi) is 8.25. The summed E-state index contributed by atoms with van der Waals surface area (Å²) in [4.78, 5) is 23.5. The average molecular weight is 528 g/mol. The zero-order valence-electron chi connectivity index (χ0n) is 20.3. The lowest BCUT2D eigenvalue weighted by Gasteiger charge is -2.25. The summed E-state index contributed by atoms with van der Waals surface area (Å²) in [7, 11) is 3.19. The number of rotatable bonds is 9. The van der Waals surface area contributed by atoms with Crippen LogP contribution in [-0.4, -0.2) is 44.5 Å². The van der Waals surface area contributed by atoms with Crippen molar-refractivity contribution in [1.29, 1.82) is 0 Å². The minimum absolute atomic E-state index is 0.219. The van der Waals surface area contributed by atoms with E-state index in [0.29, 0.717) is 65.9 Å². The first-order valence-corrected chi connectivity index (χ1v) is 11.9. The van der Waals surface area contributed by atoms with Crippen molar-refractivity contribution in [3.8, 4) is 28.7 Å². The number of hydrogen-bond donors (Lipinski definition) is 2. The Morgan fingerprint density at radius 1 is 1.03 bits per heavy atom. The zero-order chi connectivity index (χ0) is 26.4. The molecule has 0 saturated heterocycles. The molecule has 1 atom stereocenters. The molecule has 0 fully saturated rings. The number of methoxy groups -OCH3 is 2. The number of carbonyl (C=O) groups is 2. The number of carboxylic acid groups (broad SMARTS) is 1. The van der Waals surface area contributed by atoms with Crippen LogP contribution >= 0.6 is 11.6 Å². The van der Waals surface area contributed by atoms with Crippen LogP contribution in [0.25, 0.3) is 0 Å². The molecule has 1 heterocycles. The molecule has 0 aliphatic carbocycles. The summed E-state index contributed by atoms with van der Waals surface area (Å²) in [6, 6.07) is 15.4. The van der Waals surface area contributed by atoms with E-state index in [-0.39, 0.29) is 10.9 Å². The van der Waals surface area contributed by atoms with Crippen LogP contribution in [0.3, 0.4) is 0 Å². The summed E-state index contributed by atoms with van der Waals surface area (Å²) < 4.78 is 27.1. The second kappa shape index (κ2) is 11.7. The average Bonchev–Trinajstić information content (AvgIpc) is 2.89. The van der Waals surface area contributed by atoms with Gasteiger partial charge in [0.25, 0.3) is 5.91 Å². The maximum absolute atomic E-state index is 12.6. The van der Waals surface area contributed by atoms with Gasteiger partial charge < -0.3 is 34.1 Å². The van der Waals surface area contributed by atoms with Crippen LogP contribution < -0.4 is 24.3 Å². The van der Waals surface area contributed by atoms with Gasteiger partial charge in [0.05, 0.1) is 25.8 Å². The van der Waals surface area contributed by atoms with Crippen LogP contribution in [0.15, 0.2) is 54.6 Å². The van der Waals surface area contributed by atoms with Gasteiger partial charge in [-0.2, -0.15) is 0 Å². The van der Waals surface area contributed by atoms with E-state index in [1.54, 1.807) is 56.7 Å². The molecule has 1 aliphatic rings. The van der Waals surface area contributed by atoms with Crippen molar-refractivity contribution in [1.82, 2.24) is 5.32 Å². The first-order chi connectivity index (χ1) is 17.9. The number of halogens is 1. The predicted octanol–water partition coefficient (Wildman–Crippen LogP) is 5.64. The number of nitrogens with one attached hydrogen (secondary N) is 1. The van der Waals surface area contributed by atoms with E-state index in [1.807, 2.05) is 12.1 Å². The molecule has 0 saturated carbocycles. The van der Waals surface area contributed by atoms with Gasteiger partial charge in [0.2, 0.25) is 0 Å². The molecule has 0 aromatic heterocycles. The lowest BCUT2D eigenvalue weighted by atomic mass is 10.0. The third kappa shape index (κ3) is 6.37. The topological polar surface area (TPSA) is 113 Å². The fourth-order valence-corrected chi connectivity index (χ4v) is 4.16. The monoisotopic (exact) mass is 527 g/mol. The van der Waals surface area contributed by atoms with Crippen LogP contribution in [0, 0.1) is 0 Å². The minimum Gasteiger partial charge on any atom is -0.497 e. The smallest absolute Gasteiger partial charge is 0.497 e. The van der Waals surface area contributed by atoms with Crippen molar-refractivity contribution in [2.24, 2.45) is 0 Å². The Bertz CT molecular complexity index is 1280. The Balaban J connectivity index is 1.36. The van der Waals surface area contributed by atoms with Gasteiger partial charge in [0.15, 0.2) is 0 Å². The van der Waals surface area contributed by atoms with Crippen LogP contribution in [0.4, 0.5) is 4.79 Å². The van der Waals surface area contributed by atoms with Gasteiger partial charge in [-0.3, -0.25) is 4.79 Å². The van der Waals surface area contributed by atoms with Crippen LogP contribution in [0.1, 0.15) is 34.0 Å². The molecule has 0 bridgehead atoms. The molecule has 1 aliphatic heterocycles. The van der Waals surface area contributed by atoms with Gasteiger partial charge in [-0.15, -0.1) is 0 Å². The molecule has 4 rings (SSSR count). The minimum atomic E-state index is -1.36. The highest BCUT2D eigenvalue weighted by molar-refractivity contribution is 6.32. The van der Waals surface area contributed by atoms with E-state index >= 15 is 0 Å². The van der Waals surface area contributed by atoms with Crippen molar-refractivity contribution >= 4 is 23.7 Å². The van der Waals surface area contributed by atoms with Crippen LogP contribution in [0.2, 0.25) is 5.02 Å². The predicted molar refractivity (Wildman–Crippen MR) is 136 cm³/mol. The number of hydrogen-bond acceptors (Lipinski definition) is 7. The third-order valence-electron chi connectivity index (χ3n) is 5.81. The molecule has 3 aromatic carbocycles. The van der Waals surface area contributed by atoms with E-state index in [4.69, 9.17) is 40.4 Å². The lowest BCUT2D eigenvalue weighted by molar-refractivity contribution is 0.0326. The first kappa shape index (κ1) is 26.0. The highest BCUT2D eigenvalue weighted by atomic mass is 35.5. The molecule has 194 valence electrons. The van der Waals surface area contributed by atoms with Crippen LogP contribution in [-0.2, 0) is 11.2 Å². The summed E-state index contributed by atoms with van der Waals surface area (Å²) in [6.07, 6.45) is -1.03. The van der Waals surface area contributed by atoms with E-state index in [0.717, 1.165) is 5.56 Å². The number of carbonyl (C=O) groups excluding carboxylic acids is 1. The van der Waals surface area contributed by atoms with Crippen molar-refractivity contribution in [3.05, 3.63) is 76.3 Å². The number of benzene rings is 3. The molecule has 1 unspecified atom stereocenters. The largest absolute Gasteiger partial charge is 0.506 e. The molecule has 3 aromatic rings. The molecular weight excluding hydrogens is 502 g/mol. The van der Waals surface area contributed by atoms with Crippen LogP contribution in [0.5, 0.6) is 28.7 Å². The molecule has 10 heteroatoms. The van der Waals surface area contributed by atoms with Crippen molar-refractivity contribution in [3.63, 3.8) is 0 Å². The molecule has 0 spiro atoms. The second-order valence-electron chi connectivity index (χ2n) is 8.14. The summed E-state index contributed by atoms with van der Waals surface area (Å²) in [6.45, 7) is 0.734.